The van der Waals surface area contributed by atoms with Crippen molar-refractivity contribution in [3.8, 4) is 5.75 Å². The molecule has 0 aliphatic carbocycles. The molecule has 3 rings (SSSR count). The molecule has 0 spiro atoms. The zero-order chi connectivity index (χ0) is 19.3. The molecular weight excluding hydrogens is 350 g/mol. The fraction of sp³-hybridized carbons (Fsp3) is 0.588. The Labute approximate surface area is 150 Å². The normalized spacial score (nSPS) is 22.2. The van der Waals surface area contributed by atoms with Gasteiger partial charge in [-0.2, -0.15) is 0 Å². The molecule has 2 fully saturated rings. The summed E-state index contributed by atoms with van der Waals surface area (Å²) in [5, 5.41) is 0. The zero-order valence-corrected chi connectivity index (χ0v) is 15.1. The monoisotopic (exact) mass is 371 g/mol. The maximum Gasteiger partial charge on any atom is 0.573 e. The predicted molar refractivity (Wildman–Crippen MR) is 90.4 cm³/mol. The number of alkyl halides is 3. The van der Waals surface area contributed by atoms with Gasteiger partial charge < -0.3 is 18.9 Å². The second-order valence-corrected chi connectivity index (χ2v) is 7.51. The number of carbonyl (C=O) groups is 1. The van der Waals surface area contributed by atoms with Gasteiger partial charge in [0, 0.05) is 30.2 Å². The molecule has 5 nitrogen and oxygen atoms in total. The average Bonchev–Trinajstić information content (AvgIpc) is 2.98. The van der Waals surface area contributed by atoms with E-state index in [1.54, 1.807) is 0 Å². The Morgan fingerprint density at radius 2 is 1.77 bits per heavy atom. The van der Waals surface area contributed by atoms with Crippen LogP contribution in [0.1, 0.15) is 40.5 Å². The van der Waals surface area contributed by atoms with Gasteiger partial charge in [0.15, 0.2) is 0 Å². The van der Waals surface area contributed by atoms with E-state index in [1.165, 1.54) is 23.1 Å². The molecular formula is C17H21BF3NO4. The highest BCUT2D eigenvalue weighted by Crippen LogP contribution is 2.38. The van der Waals surface area contributed by atoms with Crippen molar-refractivity contribution in [2.24, 2.45) is 0 Å². The van der Waals surface area contributed by atoms with Crippen LogP contribution in [0.25, 0.3) is 0 Å². The first-order chi connectivity index (χ1) is 11.9. The number of ether oxygens (including phenoxy) is 1. The zero-order valence-electron chi connectivity index (χ0n) is 15.1. The molecule has 26 heavy (non-hydrogen) atoms. The molecule has 1 aromatic carbocycles. The molecule has 142 valence electrons. The van der Waals surface area contributed by atoms with Gasteiger partial charge in [0.1, 0.15) is 5.75 Å². The molecule has 1 amide bonds. The summed E-state index contributed by atoms with van der Waals surface area (Å²) in [7, 11) is -0.789. The van der Waals surface area contributed by atoms with Crippen molar-refractivity contribution in [2.75, 3.05) is 11.4 Å². The number of halogens is 3. The lowest BCUT2D eigenvalue weighted by Crippen LogP contribution is -2.41. The van der Waals surface area contributed by atoms with Crippen molar-refractivity contribution in [3.05, 3.63) is 18.2 Å². The van der Waals surface area contributed by atoms with Gasteiger partial charge in [-0.3, -0.25) is 4.79 Å². The fourth-order valence-electron chi connectivity index (χ4n) is 3.03. The van der Waals surface area contributed by atoms with E-state index < -0.39 is 24.7 Å². The molecule has 2 aliphatic rings. The molecule has 0 radical (unpaired) electrons. The Kier molecular flexibility index (Phi) is 4.51. The van der Waals surface area contributed by atoms with Crippen LogP contribution >= 0.6 is 0 Å². The number of hydrogen-bond donors (Lipinski definition) is 0. The third-order valence-corrected chi connectivity index (χ3v) is 5.11. The van der Waals surface area contributed by atoms with Crippen LogP contribution in [0.3, 0.4) is 0 Å². The van der Waals surface area contributed by atoms with Crippen molar-refractivity contribution in [1.29, 1.82) is 0 Å². The molecule has 2 heterocycles. The number of anilines is 1. The summed E-state index contributed by atoms with van der Waals surface area (Å²) in [6, 6.07) is 3.89. The second kappa shape index (κ2) is 6.16. The number of benzene rings is 1. The van der Waals surface area contributed by atoms with Crippen molar-refractivity contribution in [1.82, 2.24) is 0 Å². The van der Waals surface area contributed by atoms with Crippen LogP contribution in [0.15, 0.2) is 18.2 Å². The van der Waals surface area contributed by atoms with E-state index >= 15 is 0 Å². The molecule has 1 aromatic rings. The highest BCUT2D eigenvalue weighted by atomic mass is 19.4. The highest BCUT2D eigenvalue weighted by molar-refractivity contribution is 6.64. The van der Waals surface area contributed by atoms with Crippen LogP contribution in [0.4, 0.5) is 18.9 Å². The van der Waals surface area contributed by atoms with E-state index in [9.17, 15) is 18.0 Å². The van der Waals surface area contributed by atoms with Gasteiger partial charge in [-0.05, 0) is 40.2 Å². The first-order valence-corrected chi connectivity index (χ1v) is 8.45. The lowest BCUT2D eigenvalue weighted by Gasteiger charge is -2.32. The number of amides is 1. The molecule has 0 aromatic heterocycles. The third kappa shape index (κ3) is 3.55. The van der Waals surface area contributed by atoms with E-state index in [-0.39, 0.29) is 11.7 Å². The summed E-state index contributed by atoms with van der Waals surface area (Å²) in [4.78, 5) is 13.6. The van der Waals surface area contributed by atoms with E-state index in [2.05, 4.69) is 4.74 Å². The Morgan fingerprint density at radius 3 is 2.27 bits per heavy atom. The minimum absolute atomic E-state index is 0.146. The number of hydrogen-bond acceptors (Lipinski definition) is 4. The molecule has 9 heteroatoms. The second-order valence-electron chi connectivity index (χ2n) is 7.51. The molecule has 0 N–H and O–H groups in total. The van der Waals surface area contributed by atoms with E-state index in [0.717, 1.165) is 0 Å². The standard InChI is InChI=1S/C17H21BF3NO4/c1-15(2)16(3,4)26-18(25-15)12-8-7-11(24-17(19,20)21)10-13(12)22-9-5-6-14(22)23/h7-8,10H,5-6,9H2,1-4H3. The molecule has 2 saturated heterocycles. The van der Waals surface area contributed by atoms with Gasteiger partial charge in [0.05, 0.1) is 11.2 Å². The predicted octanol–water partition coefficient (Wildman–Crippen LogP) is 3.01. The van der Waals surface area contributed by atoms with Crippen molar-refractivity contribution in [3.63, 3.8) is 0 Å². The van der Waals surface area contributed by atoms with Crippen LogP contribution in [0, 0.1) is 0 Å². The first kappa shape index (κ1) is 19.0. The summed E-state index contributed by atoms with van der Waals surface area (Å²) in [5.74, 6) is -0.528. The molecule has 0 bridgehead atoms. The van der Waals surface area contributed by atoms with E-state index in [4.69, 9.17) is 9.31 Å². The molecule has 0 unspecified atom stereocenters. The van der Waals surface area contributed by atoms with Crippen molar-refractivity contribution >= 4 is 24.2 Å². The fourth-order valence-corrected chi connectivity index (χ4v) is 3.03. The van der Waals surface area contributed by atoms with Crippen molar-refractivity contribution < 1.29 is 32.0 Å². The van der Waals surface area contributed by atoms with Crippen LogP contribution in [-0.2, 0) is 14.1 Å². The van der Waals surface area contributed by atoms with Crippen molar-refractivity contribution in [2.45, 2.75) is 58.1 Å². The van der Waals surface area contributed by atoms with E-state index in [1.807, 2.05) is 27.7 Å². The van der Waals surface area contributed by atoms with Crippen LogP contribution in [0.5, 0.6) is 5.75 Å². The Bertz CT molecular complexity index is 704. The molecule has 0 atom stereocenters. The smallest absolute Gasteiger partial charge is 0.406 e. The minimum atomic E-state index is -4.81. The SMILES string of the molecule is CC1(C)OB(c2ccc(OC(F)(F)F)cc2N2CCCC2=O)OC1(C)C. The summed E-state index contributed by atoms with van der Waals surface area (Å²) in [6.45, 7) is 7.97. The lowest BCUT2D eigenvalue weighted by atomic mass is 9.77. The number of rotatable bonds is 3. The summed E-state index contributed by atoms with van der Waals surface area (Å²) in [6.07, 6.45) is -3.81. The number of carbonyl (C=O) groups excluding carboxylic acids is 1. The quantitative estimate of drug-likeness (QED) is 0.767. The van der Waals surface area contributed by atoms with Gasteiger partial charge in [-0.25, -0.2) is 0 Å². The van der Waals surface area contributed by atoms with Crippen LogP contribution in [-0.4, -0.2) is 37.1 Å². The minimum Gasteiger partial charge on any atom is -0.406 e. The molecule has 2 aliphatic heterocycles. The first-order valence-electron chi connectivity index (χ1n) is 8.45. The van der Waals surface area contributed by atoms with Crippen LogP contribution in [0.2, 0.25) is 0 Å². The Morgan fingerprint density at radius 1 is 1.15 bits per heavy atom. The van der Waals surface area contributed by atoms with E-state index in [0.29, 0.717) is 30.5 Å². The maximum atomic E-state index is 12.6. The largest absolute Gasteiger partial charge is 0.573 e. The summed E-state index contributed by atoms with van der Waals surface area (Å²) < 4.78 is 53.8. The van der Waals surface area contributed by atoms with Gasteiger partial charge >= 0.3 is 13.5 Å². The number of nitrogens with zero attached hydrogens (tertiary/aromatic N) is 1. The van der Waals surface area contributed by atoms with Gasteiger partial charge in [0.25, 0.3) is 0 Å². The Balaban J connectivity index is 2.00. The summed E-state index contributed by atoms with van der Waals surface area (Å²) >= 11 is 0. The molecule has 0 saturated carbocycles. The Hall–Kier alpha value is -1.74. The maximum absolute atomic E-state index is 12.6. The third-order valence-electron chi connectivity index (χ3n) is 5.11. The van der Waals surface area contributed by atoms with Gasteiger partial charge in [-0.1, -0.05) is 6.07 Å². The van der Waals surface area contributed by atoms with Gasteiger partial charge in [0.2, 0.25) is 5.91 Å². The van der Waals surface area contributed by atoms with Gasteiger partial charge in [-0.15, -0.1) is 13.2 Å². The summed E-state index contributed by atoms with van der Waals surface area (Å²) in [5.41, 5.74) is -0.378. The lowest BCUT2D eigenvalue weighted by molar-refractivity contribution is -0.274. The topological polar surface area (TPSA) is 48.0 Å². The van der Waals surface area contributed by atoms with Crippen LogP contribution < -0.4 is 15.1 Å². The average molecular weight is 371 g/mol. The highest BCUT2D eigenvalue weighted by Gasteiger charge is 2.52.